The molecule has 1 aliphatic heterocycles. The second-order valence-corrected chi connectivity index (χ2v) is 5.88. The Morgan fingerprint density at radius 3 is 2.78 bits per heavy atom. The lowest BCUT2D eigenvalue weighted by molar-refractivity contribution is -0.130. The largest absolute Gasteiger partial charge is 0.475 e. The van der Waals surface area contributed by atoms with E-state index < -0.39 is 24.9 Å². The summed E-state index contributed by atoms with van der Waals surface area (Å²) in [5.74, 6) is 0.575. The molecule has 0 bridgehead atoms. The molecule has 2 rings (SSSR count). The molecule has 1 saturated heterocycles. The monoisotopic (exact) mass is 373 g/mol. The molecule has 0 aromatic carbocycles. The van der Waals surface area contributed by atoms with Crippen molar-refractivity contribution < 1.29 is 24.4 Å². The van der Waals surface area contributed by atoms with Gasteiger partial charge in [-0.2, -0.15) is 0 Å². The lowest BCUT2D eigenvalue weighted by atomic mass is 9.78. The van der Waals surface area contributed by atoms with Crippen molar-refractivity contribution in [1.82, 2.24) is 20.6 Å². The minimum Gasteiger partial charge on any atom is -0.426 e. The van der Waals surface area contributed by atoms with E-state index >= 15 is 0 Å². The molecule has 27 heavy (non-hydrogen) atoms. The number of hydrazine groups is 1. The van der Waals surface area contributed by atoms with Crippen LogP contribution in [-0.2, 0) is 9.59 Å². The molecule has 0 aliphatic carbocycles. The van der Waals surface area contributed by atoms with E-state index in [-0.39, 0.29) is 24.4 Å². The van der Waals surface area contributed by atoms with Crippen LogP contribution in [0.5, 0.6) is 0 Å². The van der Waals surface area contributed by atoms with Crippen molar-refractivity contribution >= 4 is 30.7 Å². The number of aromatic nitrogens is 1. The Labute approximate surface area is 156 Å². The van der Waals surface area contributed by atoms with Crippen molar-refractivity contribution in [3.05, 3.63) is 23.9 Å². The van der Waals surface area contributed by atoms with Crippen LogP contribution in [0.3, 0.4) is 0 Å². The second-order valence-electron chi connectivity index (χ2n) is 5.88. The fraction of sp³-hybridized carbons (Fsp3) is 0.375. The molecule has 1 aliphatic rings. The van der Waals surface area contributed by atoms with Crippen LogP contribution in [0.2, 0.25) is 0 Å². The highest BCUT2D eigenvalue weighted by Crippen LogP contribution is 2.17. The van der Waals surface area contributed by atoms with E-state index in [2.05, 4.69) is 27.1 Å². The quantitative estimate of drug-likeness (QED) is 0.217. The summed E-state index contributed by atoms with van der Waals surface area (Å²) in [5, 5.41) is 21.0. The standard InChI is InChI=1S/C16H20BN5O5/c1-2-4-14(23)21-20-13-7-6-11(9-18-13)16(25)19-10-15(24)22-8-3-5-12(22)17(26)27/h1,6-7,9,12,26-27H,3-5,8,10H2,(H,18,20)(H,19,25)(H,21,23)/t12-/m0/s1. The Kier molecular flexibility index (Phi) is 7.16. The first kappa shape index (κ1) is 20.2. The molecule has 0 saturated carbocycles. The number of nitrogens with zero attached hydrogens (tertiary/aromatic N) is 2. The van der Waals surface area contributed by atoms with Gasteiger partial charge >= 0.3 is 7.12 Å². The van der Waals surface area contributed by atoms with E-state index in [0.29, 0.717) is 25.2 Å². The number of terminal acetylenes is 1. The molecule has 142 valence electrons. The summed E-state index contributed by atoms with van der Waals surface area (Å²) in [6.45, 7) is 0.161. The average molecular weight is 373 g/mol. The summed E-state index contributed by atoms with van der Waals surface area (Å²) in [5.41, 5.74) is 5.13. The van der Waals surface area contributed by atoms with E-state index in [9.17, 15) is 24.4 Å². The summed E-state index contributed by atoms with van der Waals surface area (Å²) >= 11 is 0. The van der Waals surface area contributed by atoms with Crippen LogP contribution in [0, 0.1) is 12.3 Å². The number of likely N-dealkylation sites (tertiary alicyclic amines) is 1. The van der Waals surface area contributed by atoms with Gasteiger partial charge in [0.15, 0.2) is 0 Å². The third kappa shape index (κ3) is 5.70. The van der Waals surface area contributed by atoms with Gasteiger partial charge in [-0.25, -0.2) is 4.98 Å². The second kappa shape index (κ2) is 9.56. The average Bonchev–Trinajstić information content (AvgIpc) is 3.15. The van der Waals surface area contributed by atoms with Crippen LogP contribution < -0.4 is 16.2 Å². The first-order valence-electron chi connectivity index (χ1n) is 8.30. The smallest absolute Gasteiger partial charge is 0.426 e. The highest BCUT2D eigenvalue weighted by atomic mass is 16.4. The molecule has 2 heterocycles. The highest BCUT2D eigenvalue weighted by molar-refractivity contribution is 6.43. The highest BCUT2D eigenvalue weighted by Gasteiger charge is 2.36. The van der Waals surface area contributed by atoms with E-state index in [1.807, 2.05) is 0 Å². The SMILES string of the molecule is C#CCC(=O)NNc1ccc(C(=O)NCC(=O)N2CCC[C@H]2B(O)O)cn1. The molecular formula is C16H20BN5O5. The van der Waals surface area contributed by atoms with Crippen molar-refractivity contribution in [2.75, 3.05) is 18.5 Å². The Hall–Kier alpha value is -3.10. The Bertz CT molecular complexity index is 734. The van der Waals surface area contributed by atoms with Crippen LogP contribution in [0.25, 0.3) is 0 Å². The fourth-order valence-corrected chi connectivity index (χ4v) is 2.64. The third-order valence-corrected chi connectivity index (χ3v) is 3.98. The Balaban J connectivity index is 1.83. The van der Waals surface area contributed by atoms with E-state index in [1.54, 1.807) is 0 Å². The zero-order chi connectivity index (χ0) is 19.8. The summed E-state index contributed by atoms with van der Waals surface area (Å²) in [6.07, 6.45) is 7.41. The topological polar surface area (TPSA) is 144 Å². The first-order chi connectivity index (χ1) is 12.9. The number of carbonyl (C=O) groups excluding carboxylic acids is 3. The first-order valence-corrected chi connectivity index (χ1v) is 8.30. The molecule has 0 spiro atoms. The number of hydrogen-bond donors (Lipinski definition) is 5. The number of nitrogens with one attached hydrogen (secondary N) is 3. The molecule has 1 aromatic rings. The van der Waals surface area contributed by atoms with Crippen LogP contribution in [0.4, 0.5) is 5.82 Å². The predicted octanol–water partition coefficient (Wildman–Crippen LogP) is -1.72. The van der Waals surface area contributed by atoms with Crippen molar-refractivity contribution in [2.24, 2.45) is 0 Å². The number of hydrogen-bond acceptors (Lipinski definition) is 7. The van der Waals surface area contributed by atoms with Gasteiger partial charge in [-0.15, -0.1) is 6.42 Å². The van der Waals surface area contributed by atoms with Gasteiger partial charge in [0.2, 0.25) is 11.8 Å². The summed E-state index contributed by atoms with van der Waals surface area (Å²) < 4.78 is 0. The predicted molar refractivity (Wildman–Crippen MR) is 96.7 cm³/mol. The number of carbonyl (C=O) groups is 3. The molecule has 1 fully saturated rings. The maximum atomic E-state index is 12.2. The van der Waals surface area contributed by atoms with Crippen molar-refractivity contribution in [3.8, 4) is 12.3 Å². The lowest BCUT2D eigenvalue weighted by Gasteiger charge is -2.24. The molecule has 0 unspecified atom stereocenters. The molecular weight excluding hydrogens is 353 g/mol. The fourth-order valence-electron chi connectivity index (χ4n) is 2.64. The Morgan fingerprint density at radius 1 is 1.37 bits per heavy atom. The molecule has 1 aromatic heterocycles. The summed E-state index contributed by atoms with van der Waals surface area (Å²) in [7, 11) is -1.60. The lowest BCUT2D eigenvalue weighted by Crippen LogP contribution is -2.48. The molecule has 1 atom stereocenters. The Morgan fingerprint density at radius 2 is 2.15 bits per heavy atom. The van der Waals surface area contributed by atoms with Gasteiger partial charge in [-0.05, 0) is 25.0 Å². The van der Waals surface area contributed by atoms with Gasteiger partial charge < -0.3 is 20.3 Å². The van der Waals surface area contributed by atoms with Gasteiger partial charge in [0.1, 0.15) is 5.82 Å². The molecule has 10 nitrogen and oxygen atoms in total. The number of rotatable bonds is 7. The zero-order valence-corrected chi connectivity index (χ0v) is 14.5. The van der Waals surface area contributed by atoms with Crippen molar-refractivity contribution in [3.63, 3.8) is 0 Å². The van der Waals surface area contributed by atoms with E-state index in [1.165, 1.54) is 23.2 Å². The molecule has 5 N–H and O–H groups in total. The number of anilines is 1. The van der Waals surface area contributed by atoms with Gasteiger partial charge in [0.05, 0.1) is 24.5 Å². The number of pyridine rings is 1. The zero-order valence-electron chi connectivity index (χ0n) is 14.5. The number of amides is 3. The normalized spacial score (nSPS) is 15.6. The van der Waals surface area contributed by atoms with Gasteiger partial charge in [-0.1, -0.05) is 5.92 Å². The van der Waals surface area contributed by atoms with Gasteiger partial charge in [-0.3, -0.25) is 25.2 Å². The molecule has 0 radical (unpaired) electrons. The molecule has 3 amide bonds. The van der Waals surface area contributed by atoms with E-state index in [0.717, 1.165) is 0 Å². The van der Waals surface area contributed by atoms with Crippen molar-refractivity contribution in [2.45, 2.75) is 25.2 Å². The maximum absolute atomic E-state index is 12.2. The van der Waals surface area contributed by atoms with E-state index in [4.69, 9.17) is 6.42 Å². The third-order valence-electron chi connectivity index (χ3n) is 3.98. The minimum absolute atomic E-state index is 0.0767. The molecule has 11 heteroatoms. The van der Waals surface area contributed by atoms with Crippen LogP contribution in [-0.4, -0.2) is 63.8 Å². The summed E-state index contributed by atoms with van der Waals surface area (Å²) in [6, 6.07) is 2.95. The maximum Gasteiger partial charge on any atom is 0.475 e. The van der Waals surface area contributed by atoms with Crippen LogP contribution >= 0.6 is 0 Å². The van der Waals surface area contributed by atoms with Crippen LogP contribution in [0.1, 0.15) is 29.6 Å². The summed E-state index contributed by atoms with van der Waals surface area (Å²) in [4.78, 5) is 40.8. The van der Waals surface area contributed by atoms with Crippen molar-refractivity contribution in [1.29, 1.82) is 0 Å². The minimum atomic E-state index is -1.60. The van der Waals surface area contributed by atoms with Gasteiger partial charge in [0.25, 0.3) is 5.91 Å². The van der Waals surface area contributed by atoms with Gasteiger partial charge in [0, 0.05) is 12.7 Å². The van der Waals surface area contributed by atoms with Crippen LogP contribution in [0.15, 0.2) is 18.3 Å².